The molecule has 0 spiro atoms. The molecular formula is C12H16N2O. The van der Waals surface area contributed by atoms with Gasteiger partial charge in [-0.3, -0.25) is 4.79 Å². The molecule has 1 aliphatic carbocycles. The lowest BCUT2D eigenvalue weighted by atomic mass is 10.1. The van der Waals surface area contributed by atoms with E-state index < -0.39 is 0 Å². The fourth-order valence-electron chi connectivity index (χ4n) is 1.48. The molecule has 1 saturated carbocycles. The number of carbonyl (C=O) groups excluding carboxylic acids is 1. The second-order valence-electron chi connectivity index (χ2n) is 4.04. The maximum Gasteiger partial charge on any atom is 0.224 e. The van der Waals surface area contributed by atoms with E-state index in [4.69, 9.17) is 5.73 Å². The molecule has 0 radical (unpaired) electrons. The summed E-state index contributed by atoms with van der Waals surface area (Å²) < 4.78 is 0. The minimum Gasteiger partial charge on any atom is -0.353 e. The van der Waals surface area contributed by atoms with Crippen molar-refractivity contribution >= 4 is 5.91 Å². The second kappa shape index (κ2) is 4.45. The van der Waals surface area contributed by atoms with Crippen LogP contribution in [-0.4, -0.2) is 11.9 Å². The molecular weight excluding hydrogens is 188 g/mol. The first-order chi connectivity index (χ1) is 7.28. The van der Waals surface area contributed by atoms with Crippen molar-refractivity contribution in [3.05, 3.63) is 35.4 Å². The molecule has 2 rings (SSSR count). The molecule has 0 aromatic heterocycles. The zero-order valence-electron chi connectivity index (χ0n) is 8.70. The van der Waals surface area contributed by atoms with Crippen molar-refractivity contribution in [2.45, 2.75) is 31.8 Å². The van der Waals surface area contributed by atoms with Crippen molar-refractivity contribution in [3.8, 4) is 0 Å². The Kier molecular flexibility index (Phi) is 3.02. The Morgan fingerprint density at radius 3 is 2.40 bits per heavy atom. The summed E-state index contributed by atoms with van der Waals surface area (Å²) in [6.07, 6.45) is 2.75. The Hall–Kier alpha value is -1.35. The lowest BCUT2D eigenvalue weighted by molar-refractivity contribution is -0.120. The van der Waals surface area contributed by atoms with Gasteiger partial charge < -0.3 is 11.1 Å². The van der Waals surface area contributed by atoms with Crippen molar-refractivity contribution in [3.63, 3.8) is 0 Å². The Labute approximate surface area is 89.7 Å². The highest BCUT2D eigenvalue weighted by Gasteiger charge is 2.22. The van der Waals surface area contributed by atoms with Gasteiger partial charge in [-0.2, -0.15) is 0 Å². The van der Waals surface area contributed by atoms with Gasteiger partial charge in [-0.1, -0.05) is 24.3 Å². The Bertz CT molecular complexity index is 341. The fourth-order valence-corrected chi connectivity index (χ4v) is 1.48. The van der Waals surface area contributed by atoms with Crippen LogP contribution in [0.15, 0.2) is 24.3 Å². The molecule has 0 bridgehead atoms. The zero-order valence-corrected chi connectivity index (χ0v) is 8.70. The van der Waals surface area contributed by atoms with Crippen LogP contribution in [0.3, 0.4) is 0 Å². The van der Waals surface area contributed by atoms with E-state index in [1.54, 1.807) is 0 Å². The predicted molar refractivity (Wildman–Crippen MR) is 59.2 cm³/mol. The summed E-state index contributed by atoms with van der Waals surface area (Å²) >= 11 is 0. The second-order valence-corrected chi connectivity index (χ2v) is 4.04. The van der Waals surface area contributed by atoms with Crippen LogP contribution < -0.4 is 11.1 Å². The maximum absolute atomic E-state index is 11.5. The van der Waals surface area contributed by atoms with Gasteiger partial charge in [0.2, 0.25) is 5.91 Å². The average Bonchev–Trinajstić information content (AvgIpc) is 3.03. The van der Waals surface area contributed by atoms with Gasteiger partial charge in [0, 0.05) is 12.6 Å². The number of nitrogens with one attached hydrogen (secondary N) is 1. The van der Waals surface area contributed by atoms with Gasteiger partial charge in [0.1, 0.15) is 0 Å². The van der Waals surface area contributed by atoms with Crippen molar-refractivity contribution in [1.82, 2.24) is 5.32 Å². The molecule has 15 heavy (non-hydrogen) atoms. The third-order valence-electron chi connectivity index (χ3n) is 2.57. The van der Waals surface area contributed by atoms with Crippen LogP contribution in [-0.2, 0) is 17.8 Å². The third-order valence-corrected chi connectivity index (χ3v) is 2.57. The Balaban J connectivity index is 1.88. The molecule has 3 nitrogen and oxygen atoms in total. The highest BCUT2D eigenvalue weighted by atomic mass is 16.1. The van der Waals surface area contributed by atoms with E-state index in [0.29, 0.717) is 19.0 Å². The van der Waals surface area contributed by atoms with Crippen LogP contribution in [0.2, 0.25) is 0 Å². The quantitative estimate of drug-likeness (QED) is 0.767. The largest absolute Gasteiger partial charge is 0.353 e. The molecule has 0 aliphatic heterocycles. The molecule has 0 heterocycles. The van der Waals surface area contributed by atoms with Gasteiger partial charge in [0.15, 0.2) is 0 Å². The van der Waals surface area contributed by atoms with E-state index in [1.165, 1.54) is 0 Å². The highest BCUT2D eigenvalue weighted by molar-refractivity contribution is 5.79. The Morgan fingerprint density at radius 2 is 1.87 bits per heavy atom. The van der Waals surface area contributed by atoms with E-state index >= 15 is 0 Å². The number of hydrogen-bond donors (Lipinski definition) is 2. The zero-order chi connectivity index (χ0) is 10.7. The van der Waals surface area contributed by atoms with Crippen molar-refractivity contribution in [1.29, 1.82) is 0 Å². The van der Waals surface area contributed by atoms with Crippen LogP contribution in [0, 0.1) is 0 Å². The summed E-state index contributed by atoms with van der Waals surface area (Å²) in [5.74, 6) is 0.123. The minimum atomic E-state index is 0.123. The summed E-state index contributed by atoms with van der Waals surface area (Å²) in [7, 11) is 0. The van der Waals surface area contributed by atoms with Crippen molar-refractivity contribution in [2.24, 2.45) is 5.73 Å². The van der Waals surface area contributed by atoms with Crippen LogP contribution in [0.1, 0.15) is 24.0 Å². The summed E-state index contributed by atoms with van der Waals surface area (Å²) in [6.45, 7) is 0.550. The van der Waals surface area contributed by atoms with Crippen LogP contribution in [0.4, 0.5) is 0 Å². The van der Waals surface area contributed by atoms with Gasteiger partial charge in [0.25, 0.3) is 0 Å². The first-order valence-corrected chi connectivity index (χ1v) is 5.35. The SMILES string of the molecule is NCc1ccc(CC(=O)NC2CC2)cc1. The molecule has 3 heteroatoms. The lowest BCUT2D eigenvalue weighted by Crippen LogP contribution is -2.26. The molecule has 3 N–H and O–H groups in total. The molecule has 1 fully saturated rings. The standard InChI is InChI=1S/C12H16N2O/c13-8-10-3-1-9(2-4-10)7-12(15)14-11-5-6-11/h1-4,11H,5-8,13H2,(H,14,15). The smallest absolute Gasteiger partial charge is 0.224 e. The third kappa shape index (κ3) is 3.06. The number of amides is 1. The van der Waals surface area contributed by atoms with E-state index in [2.05, 4.69) is 5.32 Å². The average molecular weight is 204 g/mol. The normalized spacial score (nSPS) is 15.0. The summed E-state index contributed by atoms with van der Waals surface area (Å²) in [6, 6.07) is 8.32. The molecule has 1 amide bonds. The molecule has 80 valence electrons. The van der Waals surface area contributed by atoms with E-state index in [1.807, 2.05) is 24.3 Å². The lowest BCUT2D eigenvalue weighted by Gasteiger charge is -2.04. The first-order valence-electron chi connectivity index (χ1n) is 5.35. The van der Waals surface area contributed by atoms with Gasteiger partial charge in [-0.15, -0.1) is 0 Å². The summed E-state index contributed by atoms with van der Waals surface area (Å²) in [4.78, 5) is 11.5. The van der Waals surface area contributed by atoms with Crippen LogP contribution >= 0.6 is 0 Å². The Morgan fingerprint density at radius 1 is 1.27 bits per heavy atom. The molecule has 0 atom stereocenters. The monoisotopic (exact) mass is 204 g/mol. The molecule has 0 unspecified atom stereocenters. The van der Waals surface area contributed by atoms with E-state index in [9.17, 15) is 4.79 Å². The summed E-state index contributed by atoms with van der Waals surface area (Å²) in [5.41, 5.74) is 7.64. The number of benzene rings is 1. The summed E-state index contributed by atoms with van der Waals surface area (Å²) in [5, 5.41) is 2.97. The molecule has 1 aliphatic rings. The van der Waals surface area contributed by atoms with E-state index in [-0.39, 0.29) is 5.91 Å². The van der Waals surface area contributed by atoms with Gasteiger partial charge in [-0.25, -0.2) is 0 Å². The van der Waals surface area contributed by atoms with Gasteiger partial charge >= 0.3 is 0 Å². The number of carbonyl (C=O) groups is 1. The molecule has 1 aromatic carbocycles. The number of rotatable bonds is 4. The number of nitrogens with two attached hydrogens (primary N) is 1. The molecule has 0 saturated heterocycles. The highest BCUT2D eigenvalue weighted by Crippen LogP contribution is 2.18. The minimum absolute atomic E-state index is 0.123. The van der Waals surface area contributed by atoms with Crippen molar-refractivity contribution in [2.75, 3.05) is 0 Å². The predicted octanol–water partition coefficient (Wildman–Crippen LogP) is 0.966. The van der Waals surface area contributed by atoms with Gasteiger partial charge in [0.05, 0.1) is 6.42 Å². The maximum atomic E-state index is 11.5. The first kappa shape index (κ1) is 10.2. The fraction of sp³-hybridized carbons (Fsp3) is 0.417. The number of hydrogen-bond acceptors (Lipinski definition) is 2. The van der Waals surface area contributed by atoms with E-state index in [0.717, 1.165) is 24.0 Å². The van der Waals surface area contributed by atoms with Crippen LogP contribution in [0.25, 0.3) is 0 Å². The topological polar surface area (TPSA) is 55.1 Å². The van der Waals surface area contributed by atoms with Gasteiger partial charge in [-0.05, 0) is 24.0 Å². The van der Waals surface area contributed by atoms with Crippen molar-refractivity contribution < 1.29 is 4.79 Å². The molecule has 1 aromatic rings. The van der Waals surface area contributed by atoms with Crippen LogP contribution in [0.5, 0.6) is 0 Å².